The molecule has 0 spiro atoms. The Morgan fingerprint density at radius 1 is 1.50 bits per heavy atom. The average molecular weight is 225 g/mol. The monoisotopic (exact) mass is 225 g/mol. The van der Waals surface area contributed by atoms with Crippen LogP contribution in [0, 0.1) is 0 Å². The van der Waals surface area contributed by atoms with E-state index in [4.69, 9.17) is 0 Å². The molecule has 0 radical (unpaired) electrons. The van der Waals surface area contributed by atoms with E-state index in [2.05, 4.69) is 4.98 Å². The van der Waals surface area contributed by atoms with Gasteiger partial charge in [0.1, 0.15) is 0 Å². The molecule has 16 heavy (non-hydrogen) atoms. The predicted octanol–water partition coefficient (Wildman–Crippen LogP) is -1.05. The second-order valence-corrected chi connectivity index (χ2v) is 4.09. The van der Waals surface area contributed by atoms with Crippen LogP contribution >= 0.6 is 0 Å². The van der Waals surface area contributed by atoms with E-state index in [1.165, 1.54) is 16.8 Å². The Kier molecular flexibility index (Phi) is 3.21. The summed E-state index contributed by atoms with van der Waals surface area (Å²) < 4.78 is 1.43. The zero-order valence-corrected chi connectivity index (χ0v) is 8.93. The minimum absolute atomic E-state index is 0.313. The van der Waals surface area contributed by atoms with Gasteiger partial charge >= 0.3 is 5.69 Å². The fourth-order valence-corrected chi connectivity index (χ4v) is 1.93. The summed E-state index contributed by atoms with van der Waals surface area (Å²) >= 11 is 0. The smallest absolute Gasteiger partial charge is 0.329 e. The molecule has 2 N–H and O–H groups in total. The fraction of sp³-hybridized carbons (Fsp3) is 0.600. The summed E-state index contributed by atoms with van der Waals surface area (Å²) in [7, 11) is 0. The highest BCUT2D eigenvalue weighted by molar-refractivity contribution is 4.83. The molecule has 2 rings (SSSR count). The van der Waals surface area contributed by atoms with Crippen LogP contribution in [0.5, 0.6) is 0 Å². The Morgan fingerprint density at radius 3 is 3.00 bits per heavy atom. The topological polar surface area (TPSA) is 78.3 Å². The molecule has 1 aliphatic heterocycles. The van der Waals surface area contributed by atoms with Crippen molar-refractivity contribution in [2.45, 2.75) is 25.6 Å². The van der Waals surface area contributed by atoms with Gasteiger partial charge in [0, 0.05) is 25.4 Å². The lowest BCUT2D eigenvalue weighted by atomic mass is 10.1. The zero-order chi connectivity index (χ0) is 11.5. The lowest BCUT2D eigenvalue weighted by Gasteiger charge is -2.30. The molecule has 1 aliphatic rings. The minimum atomic E-state index is -0.410. The van der Waals surface area contributed by atoms with Crippen molar-refractivity contribution in [1.82, 2.24) is 14.5 Å². The van der Waals surface area contributed by atoms with Crippen LogP contribution in [-0.4, -0.2) is 38.8 Å². The maximum Gasteiger partial charge on any atom is 0.329 e. The fourth-order valence-electron chi connectivity index (χ4n) is 1.93. The van der Waals surface area contributed by atoms with Crippen LogP contribution < -0.4 is 11.2 Å². The Balaban J connectivity index is 2.08. The van der Waals surface area contributed by atoms with Crippen molar-refractivity contribution in [2.75, 3.05) is 13.1 Å². The summed E-state index contributed by atoms with van der Waals surface area (Å²) in [6.07, 6.45) is 2.91. The average Bonchev–Trinajstić information content (AvgIpc) is 2.22. The van der Waals surface area contributed by atoms with Crippen molar-refractivity contribution >= 4 is 0 Å². The van der Waals surface area contributed by atoms with Crippen LogP contribution in [0.15, 0.2) is 21.9 Å². The number of aliphatic hydroxyl groups is 1. The lowest BCUT2D eigenvalue weighted by Crippen LogP contribution is -2.42. The molecule has 0 aliphatic carbocycles. The highest BCUT2D eigenvalue weighted by atomic mass is 16.3. The van der Waals surface area contributed by atoms with Gasteiger partial charge in [-0.1, -0.05) is 0 Å². The molecular formula is C10H15N3O3. The van der Waals surface area contributed by atoms with Gasteiger partial charge in [-0.3, -0.25) is 19.2 Å². The molecule has 6 heteroatoms. The molecule has 1 aromatic heterocycles. The van der Waals surface area contributed by atoms with Gasteiger partial charge in [0.2, 0.25) is 0 Å². The first-order valence-corrected chi connectivity index (χ1v) is 5.35. The van der Waals surface area contributed by atoms with E-state index in [0.29, 0.717) is 13.2 Å². The molecule has 1 unspecified atom stereocenters. The summed E-state index contributed by atoms with van der Waals surface area (Å²) in [6, 6.07) is 1.32. The van der Waals surface area contributed by atoms with Gasteiger partial charge in [-0.05, 0) is 12.8 Å². The second-order valence-electron chi connectivity index (χ2n) is 4.09. The first-order valence-electron chi connectivity index (χ1n) is 5.35. The van der Waals surface area contributed by atoms with E-state index >= 15 is 0 Å². The molecule has 1 fully saturated rings. The van der Waals surface area contributed by atoms with E-state index in [1.807, 2.05) is 4.90 Å². The summed E-state index contributed by atoms with van der Waals surface area (Å²) in [4.78, 5) is 26.5. The molecule has 1 aromatic rings. The number of nitrogens with one attached hydrogen (secondary N) is 1. The van der Waals surface area contributed by atoms with Gasteiger partial charge < -0.3 is 5.11 Å². The number of likely N-dealkylation sites (tertiary alicyclic amines) is 1. The number of nitrogens with zero attached hydrogens (tertiary/aromatic N) is 2. The Hall–Kier alpha value is -1.40. The number of piperidine rings is 1. The maximum absolute atomic E-state index is 11.4. The minimum Gasteiger partial charge on any atom is -0.392 e. The van der Waals surface area contributed by atoms with E-state index in [0.717, 1.165) is 19.4 Å². The summed E-state index contributed by atoms with van der Waals surface area (Å²) in [5.74, 6) is 0. The highest BCUT2D eigenvalue weighted by Crippen LogP contribution is 2.09. The largest absolute Gasteiger partial charge is 0.392 e. The van der Waals surface area contributed by atoms with Crippen LogP contribution in [0.3, 0.4) is 0 Å². The summed E-state index contributed by atoms with van der Waals surface area (Å²) in [5, 5.41) is 9.48. The SMILES string of the molecule is O=c1ccn(CN2CCCC(O)C2)c(=O)[nH]1. The number of β-amino-alcohol motifs (C(OH)–C–C–N with tert-alkyl or cyclic N) is 1. The number of aromatic amines is 1. The number of hydrogen-bond acceptors (Lipinski definition) is 4. The number of rotatable bonds is 2. The van der Waals surface area contributed by atoms with Gasteiger partial charge in [-0.2, -0.15) is 0 Å². The zero-order valence-electron chi connectivity index (χ0n) is 8.93. The van der Waals surface area contributed by atoms with Crippen molar-refractivity contribution in [3.05, 3.63) is 33.1 Å². The third kappa shape index (κ3) is 2.59. The quantitative estimate of drug-likeness (QED) is 0.673. The van der Waals surface area contributed by atoms with E-state index < -0.39 is 5.69 Å². The van der Waals surface area contributed by atoms with Crippen LogP contribution in [0.1, 0.15) is 12.8 Å². The van der Waals surface area contributed by atoms with Gasteiger partial charge in [0.15, 0.2) is 0 Å². The van der Waals surface area contributed by atoms with Crippen LogP contribution in [0.25, 0.3) is 0 Å². The van der Waals surface area contributed by atoms with E-state index in [1.54, 1.807) is 0 Å². The Labute approximate surface area is 92.1 Å². The molecule has 88 valence electrons. The molecule has 0 amide bonds. The number of aliphatic hydroxyl groups excluding tert-OH is 1. The van der Waals surface area contributed by atoms with Gasteiger partial charge in [-0.15, -0.1) is 0 Å². The predicted molar refractivity (Wildman–Crippen MR) is 58.1 cm³/mol. The first kappa shape index (κ1) is 11.1. The molecule has 0 aromatic carbocycles. The maximum atomic E-state index is 11.4. The van der Waals surface area contributed by atoms with Crippen molar-refractivity contribution in [2.24, 2.45) is 0 Å². The van der Waals surface area contributed by atoms with Gasteiger partial charge in [-0.25, -0.2) is 4.79 Å². The molecule has 1 saturated heterocycles. The summed E-state index contributed by atoms with van der Waals surface area (Å²) in [5.41, 5.74) is -0.799. The third-order valence-corrected chi connectivity index (χ3v) is 2.73. The molecule has 2 heterocycles. The highest BCUT2D eigenvalue weighted by Gasteiger charge is 2.17. The van der Waals surface area contributed by atoms with Crippen molar-refractivity contribution in [1.29, 1.82) is 0 Å². The van der Waals surface area contributed by atoms with E-state index in [-0.39, 0.29) is 11.7 Å². The molecular weight excluding hydrogens is 210 g/mol. The van der Waals surface area contributed by atoms with Crippen LogP contribution in [0.4, 0.5) is 0 Å². The van der Waals surface area contributed by atoms with Gasteiger partial charge in [0.25, 0.3) is 5.56 Å². The normalized spacial score (nSPS) is 22.2. The summed E-state index contributed by atoms with van der Waals surface area (Å²) in [6.45, 7) is 1.85. The first-order chi connectivity index (χ1) is 7.65. The number of hydrogen-bond donors (Lipinski definition) is 2. The van der Waals surface area contributed by atoms with Gasteiger partial charge in [0.05, 0.1) is 12.8 Å². The lowest BCUT2D eigenvalue weighted by molar-refractivity contribution is 0.0533. The Bertz CT molecular complexity index is 465. The van der Waals surface area contributed by atoms with Crippen molar-refractivity contribution in [3.63, 3.8) is 0 Å². The molecule has 6 nitrogen and oxygen atoms in total. The van der Waals surface area contributed by atoms with Crippen LogP contribution in [-0.2, 0) is 6.67 Å². The van der Waals surface area contributed by atoms with E-state index in [9.17, 15) is 14.7 Å². The second kappa shape index (κ2) is 4.63. The Morgan fingerprint density at radius 2 is 2.31 bits per heavy atom. The third-order valence-electron chi connectivity index (χ3n) is 2.73. The molecule has 1 atom stereocenters. The number of H-pyrrole nitrogens is 1. The van der Waals surface area contributed by atoms with Crippen LogP contribution in [0.2, 0.25) is 0 Å². The standard InChI is InChI=1S/C10H15N3O3/c14-8-2-1-4-12(6-8)7-13-5-3-9(15)11-10(13)16/h3,5,8,14H,1-2,4,6-7H2,(H,11,15,16). The van der Waals surface area contributed by atoms with Crippen molar-refractivity contribution < 1.29 is 5.11 Å². The molecule has 0 bridgehead atoms. The molecule has 0 saturated carbocycles. The van der Waals surface area contributed by atoms with Crippen molar-refractivity contribution in [3.8, 4) is 0 Å². The number of aromatic nitrogens is 2.